The summed E-state index contributed by atoms with van der Waals surface area (Å²) < 4.78 is 29.8. The fraction of sp³-hybridized carbons (Fsp3) is 0.125. The highest BCUT2D eigenvalue weighted by molar-refractivity contribution is 9.10. The van der Waals surface area contributed by atoms with Crippen molar-refractivity contribution in [2.24, 2.45) is 0 Å². The number of nitrogens with one attached hydrogen (secondary N) is 1. The van der Waals surface area contributed by atoms with Crippen LogP contribution in [-0.2, 0) is 0 Å². The number of fused-ring (bicyclic) bond motifs is 1. The summed E-state index contributed by atoms with van der Waals surface area (Å²) in [5.74, 6) is -1.11. The summed E-state index contributed by atoms with van der Waals surface area (Å²) in [7, 11) is 1.70. The molecule has 3 aromatic rings. The van der Waals surface area contributed by atoms with Crippen molar-refractivity contribution < 1.29 is 8.78 Å². The van der Waals surface area contributed by atoms with Crippen molar-refractivity contribution in [3.05, 3.63) is 69.0 Å². The lowest BCUT2D eigenvalue weighted by Gasteiger charge is -2.17. The van der Waals surface area contributed by atoms with Crippen molar-refractivity contribution >= 4 is 37.4 Å². The minimum Gasteiger partial charge on any atom is -0.308 e. The quantitative estimate of drug-likeness (QED) is 0.623. The van der Waals surface area contributed by atoms with Gasteiger partial charge in [-0.25, -0.2) is 8.78 Å². The van der Waals surface area contributed by atoms with Gasteiger partial charge in [0.25, 0.3) is 0 Å². The topological polar surface area (TPSA) is 12.0 Å². The van der Waals surface area contributed by atoms with E-state index in [1.165, 1.54) is 23.5 Å². The molecule has 0 aliphatic rings. The zero-order valence-electron chi connectivity index (χ0n) is 11.2. The standard InChI is InChI=1S/C16H12BrF2NS/c1-20-16(14-11(18)7-6-10(17)15(14)19)13-8-9-4-2-3-5-12(9)21-13/h2-8,16,20H,1H3. The largest absolute Gasteiger partial charge is 0.308 e. The molecule has 0 aliphatic carbocycles. The van der Waals surface area contributed by atoms with Crippen LogP contribution in [0.15, 0.2) is 46.9 Å². The minimum absolute atomic E-state index is 0.0402. The normalized spacial score (nSPS) is 12.8. The van der Waals surface area contributed by atoms with Gasteiger partial charge in [0.1, 0.15) is 11.6 Å². The van der Waals surface area contributed by atoms with Crippen LogP contribution in [0.25, 0.3) is 10.1 Å². The van der Waals surface area contributed by atoms with E-state index in [-0.39, 0.29) is 10.0 Å². The highest BCUT2D eigenvalue weighted by Crippen LogP contribution is 2.36. The van der Waals surface area contributed by atoms with Crippen LogP contribution in [0.1, 0.15) is 16.5 Å². The highest BCUT2D eigenvalue weighted by Gasteiger charge is 2.23. The molecule has 108 valence electrons. The van der Waals surface area contributed by atoms with E-state index in [1.807, 2.05) is 30.3 Å². The third-order valence-corrected chi connectivity index (χ3v) is 5.18. The molecule has 0 spiro atoms. The van der Waals surface area contributed by atoms with E-state index in [2.05, 4.69) is 21.2 Å². The average Bonchev–Trinajstić information content (AvgIpc) is 2.91. The molecular weight excluding hydrogens is 356 g/mol. The van der Waals surface area contributed by atoms with Gasteiger partial charge in [0.15, 0.2) is 0 Å². The maximum atomic E-state index is 14.3. The van der Waals surface area contributed by atoms with Crippen LogP contribution in [0.2, 0.25) is 0 Å². The molecule has 1 heterocycles. The fourth-order valence-corrected chi connectivity index (χ4v) is 3.91. The lowest BCUT2D eigenvalue weighted by molar-refractivity contribution is 0.521. The van der Waals surface area contributed by atoms with Crippen molar-refractivity contribution in [1.82, 2.24) is 5.32 Å². The van der Waals surface area contributed by atoms with Crippen LogP contribution in [0, 0.1) is 11.6 Å². The lowest BCUT2D eigenvalue weighted by atomic mass is 10.0. The molecule has 1 atom stereocenters. The van der Waals surface area contributed by atoms with E-state index < -0.39 is 17.7 Å². The third kappa shape index (κ3) is 2.61. The van der Waals surface area contributed by atoms with E-state index in [4.69, 9.17) is 0 Å². The second-order valence-electron chi connectivity index (χ2n) is 4.67. The number of thiophene rings is 1. The fourth-order valence-electron chi connectivity index (χ4n) is 2.38. The highest BCUT2D eigenvalue weighted by atomic mass is 79.9. The van der Waals surface area contributed by atoms with Gasteiger partial charge < -0.3 is 5.32 Å². The number of halogens is 3. The summed E-state index contributed by atoms with van der Waals surface area (Å²) >= 11 is 4.66. The second kappa shape index (κ2) is 5.83. The summed E-state index contributed by atoms with van der Waals surface area (Å²) in [4.78, 5) is 0.884. The average molecular weight is 368 g/mol. The number of hydrogen-bond donors (Lipinski definition) is 1. The first-order valence-corrected chi connectivity index (χ1v) is 8.02. The summed E-state index contributed by atoms with van der Waals surface area (Å²) in [6.07, 6.45) is 0. The Balaban J connectivity index is 2.16. The van der Waals surface area contributed by atoms with Crippen LogP contribution in [0.4, 0.5) is 8.78 Å². The Morgan fingerprint density at radius 2 is 1.90 bits per heavy atom. The Bertz CT molecular complexity index is 767. The van der Waals surface area contributed by atoms with Crippen molar-refractivity contribution in [2.75, 3.05) is 7.05 Å². The molecule has 3 rings (SSSR count). The zero-order chi connectivity index (χ0) is 15.0. The third-order valence-electron chi connectivity index (χ3n) is 3.39. The van der Waals surface area contributed by atoms with Gasteiger partial charge in [0.2, 0.25) is 0 Å². The predicted molar refractivity (Wildman–Crippen MR) is 86.8 cm³/mol. The van der Waals surface area contributed by atoms with Crippen molar-refractivity contribution in [1.29, 1.82) is 0 Å². The summed E-state index contributed by atoms with van der Waals surface area (Å²) in [5.41, 5.74) is 0.0402. The monoisotopic (exact) mass is 367 g/mol. The van der Waals surface area contributed by atoms with E-state index in [1.54, 1.807) is 7.05 Å². The molecule has 21 heavy (non-hydrogen) atoms. The molecular formula is C16H12BrF2NS. The molecule has 1 aromatic heterocycles. The molecule has 0 saturated carbocycles. The van der Waals surface area contributed by atoms with Gasteiger partial charge in [-0.2, -0.15) is 0 Å². The molecule has 1 nitrogen and oxygen atoms in total. The molecule has 5 heteroatoms. The van der Waals surface area contributed by atoms with Crippen LogP contribution >= 0.6 is 27.3 Å². The SMILES string of the molecule is CNC(c1cc2ccccc2s1)c1c(F)ccc(Br)c1F. The number of benzene rings is 2. The smallest absolute Gasteiger partial charge is 0.145 e. The van der Waals surface area contributed by atoms with Gasteiger partial charge in [-0.1, -0.05) is 18.2 Å². The molecule has 0 radical (unpaired) electrons. The molecule has 0 fully saturated rings. The van der Waals surface area contributed by atoms with Gasteiger partial charge in [-0.15, -0.1) is 11.3 Å². The van der Waals surface area contributed by atoms with Crippen molar-refractivity contribution in [3.8, 4) is 0 Å². The minimum atomic E-state index is -0.563. The van der Waals surface area contributed by atoms with E-state index in [0.717, 1.165) is 15.0 Å². The zero-order valence-corrected chi connectivity index (χ0v) is 13.6. The van der Waals surface area contributed by atoms with Gasteiger partial charge in [0.05, 0.1) is 10.5 Å². The summed E-state index contributed by atoms with van der Waals surface area (Å²) in [6, 6.07) is 12.0. The molecule has 1 N–H and O–H groups in total. The Labute approximate surface area is 133 Å². The first-order valence-electron chi connectivity index (χ1n) is 6.41. The van der Waals surface area contributed by atoms with Crippen LogP contribution in [0.5, 0.6) is 0 Å². The molecule has 0 amide bonds. The lowest BCUT2D eigenvalue weighted by Crippen LogP contribution is -2.19. The summed E-state index contributed by atoms with van der Waals surface area (Å²) in [5, 5.41) is 4.09. The molecule has 0 aliphatic heterocycles. The van der Waals surface area contributed by atoms with Gasteiger partial charge in [-0.05, 0) is 52.6 Å². The summed E-state index contributed by atoms with van der Waals surface area (Å²) in [6.45, 7) is 0. The van der Waals surface area contributed by atoms with E-state index in [9.17, 15) is 8.78 Å². The number of hydrogen-bond acceptors (Lipinski definition) is 2. The van der Waals surface area contributed by atoms with Crippen LogP contribution < -0.4 is 5.32 Å². The number of rotatable bonds is 3. The Kier molecular flexibility index (Phi) is 4.06. The van der Waals surface area contributed by atoms with E-state index >= 15 is 0 Å². The van der Waals surface area contributed by atoms with E-state index in [0.29, 0.717) is 0 Å². The molecule has 0 saturated heterocycles. The first kappa shape index (κ1) is 14.6. The maximum Gasteiger partial charge on any atom is 0.145 e. The Morgan fingerprint density at radius 1 is 1.14 bits per heavy atom. The predicted octanol–water partition coefficient (Wildman–Crippen LogP) is 5.25. The molecule has 2 aromatic carbocycles. The van der Waals surface area contributed by atoms with Crippen molar-refractivity contribution in [3.63, 3.8) is 0 Å². The van der Waals surface area contributed by atoms with Crippen LogP contribution in [0.3, 0.4) is 0 Å². The maximum absolute atomic E-state index is 14.3. The second-order valence-corrected chi connectivity index (χ2v) is 6.63. The van der Waals surface area contributed by atoms with Crippen molar-refractivity contribution in [2.45, 2.75) is 6.04 Å². The first-order chi connectivity index (χ1) is 10.1. The van der Waals surface area contributed by atoms with Gasteiger partial charge in [-0.3, -0.25) is 0 Å². The Hall–Kier alpha value is -1.30. The Morgan fingerprint density at radius 3 is 2.62 bits per heavy atom. The molecule has 1 unspecified atom stereocenters. The van der Waals surface area contributed by atoms with Gasteiger partial charge in [0, 0.05) is 15.1 Å². The molecule has 0 bridgehead atoms. The van der Waals surface area contributed by atoms with Gasteiger partial charge >= 0.3 is 0 Å². The van der Waals surface area contributed by atoms with Crippen LogP contribution in [-0.4, -0.2) is 7.05 Å².